The summed E-state index contributed by atoms with van der Waals surface area (Å²) in [5.74, 6) is -8.31. The van der Waals surface area contributed by atoms with Crippen molar-refractivity contribution in [3.63, 3.8) is 0 Å². The van der Waals surface area contributed by atoms with E-state index in [0.29, 0.717) is 24.0 Å². The number of rotatable bonds is 22. The Kier molecular flexibility index (Phi) is 18.4. The van der Waals surface area contributed by atoms with E-state index in [1.807, 2.05) is 0 Å². The van der Waals surface area contributed by atoms with E-state index in [-0.39, 0.29) is 31.6 Å². The summed E-state index contributed by atoms with van der Waals surface area (Å²) in [5, 5.41) is 51.9. The second-order valence-corrected chi connectivity index (χ2v) is 14.8. The molecule has 9 atom stereocenters. The fourth-order valence-corrected chi connectivity index (χ4v) is 6.54. The number of carbonyl (C=O) groups is 8. The highest BCUT2D eigenvalue weighted by atomic mass is 16.4. The van der Waals surface area contributed by atoms with Gasteiger partial charge in [0.05, 0.1) is 25.2 Å². The molecule has 3 rings (SSSR count). The molecule has 0 aliphatic carbocycles. The highest BCUT2D eigenvalue weighted by Gasteiger charge is 2.41. The Balaban J connectivity index is 1.71. The van der Waals surface area contributed by atoms with Crippen LogP contribution in [0.3, 0.4) is 0 Å². The number of aliphatic carboxylic acids is 1. The van der Waals surface area contributed by atoms with E-state index in [2.05, 4.69) is 26.6 Å². The van der Waals surface area contributed by atoms with E-state index >= 15 is 0 Å². The monoisotopic (exact) mass is 840 g/mol. The number of amides is 7. The van der Waals surface area contributed by atoms with Gasteiger partial charge in [-0.2, -0.15) is 0 Å². The summed E-state index contributed by atoms with van der Waals surface area (Å²) < 4.78 is 0. The number of phenolic OH excluding ortho intramolecular Hbond substituents is 1. The number of likely N-dealkylation sites (tertiary alicyclic amines) is 1. The first-order valence-electron chi connectivity index (χ1n) is 19.6. The van der Waals surface area contributed by atoms with Crippen molar-refractivity contribution < 1.29 is 58.8 Å². The number of hydrogen-bond donors (Lipinski definition) is 11. The number of primary amides is 1. The van der Waals surface area contributed by atoms with Gasteiger partial charge in [-0.25, -0.2) is 4.79 Å². The van der Waals surface area contributed by atoms with Crippen LogP contribution in [0.1, 0.15) is 57.6 Å². The van der Waals surface area contributed by atoms with Crippen molar-refractivity contribution in [1.29, 1.82) is 0 Å². The number of nitrogens with zero attached hydrogens (tertiary/aromatic N) is 1. The van der Waals surface area contributed by atoms with E-state index in [1.165, 1.54) is 24.0 Å². The van der Waals surface area contributed by atoms with Crippen LogP contribution in [-0.2, 0) is 51.2 Å². The molecule has 1 aliphatic rings. The van der Waals surface area contributed by atoms with Crippen LogP contribution in [0.2, 0.25) is 0 Å². The van der Waals surface area contributed by atoms with E-state index in [1.54, 1.807) is 56.3 Å². The van der Waals surface area contributed by atoms with Crippen molar-refractivity contribution in [2.45, 2.75) is 108 Å². The normalized spacial score (nSPS) is 17.6. The van der Waals surface area contributed by atoms with Crippen molar-refractivity contribution in [1.82, 2.24) is 31.5 Å². The van der Waals surface area contributed by atoms with Crippen molar-refractivity contribution >= 4 is 47.3 Å². The third-order valence-corrected chi connectivity index (χ3v) is 10.2. The molecule has 0 spiro atoms. The molecular weight excluding hydrogens is 784 g/mol. The molecule has 20 nitrogen and oxygen atoms in total. The topological polar surface area (TPSA) is 333 Å². The lowest BCUT2D eigenvalue weighted by molar-refractivity contribution is -0.143. The Labute approximate surface area is 346 Å². The molecule has 0 bridgehead atoms. The van der Waals surface area contributed by atoms with Crippen molar-refractivity contribution in [3.05, 3.63) is 65.7 Å². The van der Waals surface area contributed by atoms with Gasteiger partial charge in [0, 0.05) is 13.0 Å². The Morgan fingerprint density at radius 1 is 0.767 bits per heavy atom. The van der Waals surface area contributed by atoms with Crippen LogP contribution >= 0.6 is 0 Å². The Hall–Kier alpha value is -6.12. The average Bonchev–Trinajstić information content (AvgIpc) is 3.71. The maximum atomic E-state index is 13.8. The molecule has 1 saturated heterocycles. The number of aromatic hydroxyl groups is 1. The zero-order valence-electron chi connectivity index (χ0n) is 33.7. The molecule has 2 aromatic rings. The smallest absolute Gasteiger partial charge is 0.326 e. The van der Waals surface area contributed by atoms with Gasteiger partial charge in [-0.3, -0.25) is 33.6 Å². The van der Waals surface area contributed by atoms with E-state index in [4.69, 9.17) is 11.5 Å². The fraction of sp³-hybridized carbons (Fsp3) is 0.500. The summed E-state index contributed by atoms with van der Waals surface area (Å²) in [5.41, 5.74) is 12.6. The lowest BCUT2D eigenvalue weighted by Crippen LogP contribution is -2.62. The van der Waals surface area contributed by atoms with E-state index in [0.717, 1.165) is 0 Å². The standard InChI is InChI=1S/C40H56N8O12/c1-4-21(2)32(46-36(55)30-11-8-16-48(30)39(58)29(20-49)45-34(53)26(41)17-24-12-14-25(51)15-13-24)37(56)47-33(22(3)50)38(57)43-27(19-31(42)52)35(54)44-28(40(59)60)18-23-9-6-5-7-10-23/h5-7,9-10,12-15,21-22,26-30,32-33,49-51H,4,8,11,16-20,41H2,1-3H3,(H2,42,52)(H,43,57)(H,44,54)(H,45,53)(H,46,55)(H,47,56)(H,59,60)/t21-,22+,26-,27-,28-,29-,30-,32-,33-/m0/s1. The molecule has 20 heteroatoms. The number of aliphatic hydroxyl groups is 2. The van der Waals surface area contributed by atoms with Crippen LogP contribution in [0.15, 0.2) is 54.6 Å². The highest BCUT2D eigenvalue weighted by Crippen LogP contribution is 2.20. The SMILES string of the molecule is CC[C@H](C)[C@H](NC(=O)[C@@H]1CCCN1C(=O)[C@H](CO)NC(=O)[C@@H](N)Cc1ccc(O)cc1)C(=O)N[C@H](C(=O)N[C@@H](CC(N)=O)C(=O)N[C@@H](Cc1ccccc1)C(=O)O)[C@@H](C)O. The number of carboxylic acid groups (broad SMARTS) is 1. The summed E-state index contributed by atoms with van der Waals surface area (Å²) in [6.07, 6.45) is -1.52. The number of phenols is 1. The zero-order valence-corrected chi connectivity index (χ0v) is 33.7. The maximum absolute atomic E-state index is 13.8. The van der Waals surface area contributed by atoms with Gasteiger partial charge in [0.2, 0.25) is 41.4 Å². The van der Waals surface area contributed by atoms with Crippen LogP contribution in [0.25, 0.3) is 0 Å². The lowest BCUT2D eigenvalue weighted by atomic mass is 9.97. The summed E-state index contributed by atoms with van der Waals surface area (Å²) in [6.45, 7) is 3.82. The van der Waals surface area contributed by atoms with Gasteiger partial charge in [-0.15, -0.1) is 0 Å². The van der Waals surface area contributed by atoms with E-state index in [9.17, 15) is 58.8 Å². The minimum absolute atomic E-state index is 0.0269. The zero-order chi connectivity index (χ0) is 44.7. The largest absolute Gasteiger partial charge is 0.508 e. The Morgan fingerprint density at radius 3 is 1.92 bits per heavy atom. The quantitative estimate of drug-likeness (QED) is 0.0576. The van der Waals surface area contributed by atoms with Crippen molar-refractivity contribution in [2.75, 3.05) is 13.2 Å². The number of carbonyl (C=O) groups excluding carboxylic acids is 7. The van der Waals surface area contributed by atoms with Crippen molar-refractivity contribution in [3.8, 4) is 5.75 Å². The van der Waals surface area contributed by atoms with Gasteiger partial charge in [0.25, 0.3) is 0 Å². The molecule has 2 aromatic carbocycles. The van der Waals surface area contributed by atoms with Crippen LogP contribution in [0.4, 0.5) is 0 Å². The molecule has 1 aliphatic heterocycles. The third kappa shape index (κ3) is 14.0. The predicted octanol–water partition coefficient (Wildman–Crippen LogP) is -2.70. The van der Waals surface area contributed by atoms with Gasteiger partial charge in [0.15, 0.2) is 0 Å². The van der Waals surface area contributed by atoms with Gasteiger partial charge in [0.1, 0.15) is 42.0 Å². The molecule has 0 saturated carbocycles. The molecule has 0 unspecified atom stereocenters. The fourth-order valence-electron chi connectivity index (χ4n) is 6.54. The summed E-state index contributed by atoms with van der Waals surface area (Å²) in [4.78, 5) is 106. The summed E-state index contributed by atoms with van der Waals surface area (Å²) >= 11 is 0. The number of nitrogens with two attached hydrogens (primary N) is 2. The minimum Gasteiger partial charge on any atom is -0.508 e. The van der Waals surface area contributed by atoms with Crippen molar-refractivity contribution in [2.24, 2.45) is 17.4 Å². The molecule has 328 valence electrons. The molecule has 7 amide bonds. The molecule has 0 radical (unpaired) electrons. The minimum atomic E-state index is -1.75. The van der Waals surface area contributed by atoms with Crippen LogP contribution in [0.5, 0.6) is 5.75 Å². The third-order valence-electron chi connectivity index (χ3n) is 10.2. The molecular formula is C40H56N8O12. The summed E-state index contributed by atoms with van der Waals surface area (Å²) in [7, 11) is 0. The summed E-state index contributed by atoms with van der Waals surface area (Å²) in [6, 6.07) is 4.47. The first-order chi connectivity index (χ1) is 28.4. The average molecular weight is 841 g/mol. The molecule has 0 aromatic heterocycles. The van der Waals surface area contributed by atoms with E-state index < -0.39 is 115 Å². The second-order valence-electron chi connectivity index (χ2n) is 14.8. The van der Waals surface area contributed by atoms with Crippen LogP contribution in [-0.4, -0.2) is 134 Å². The number of hydrogen-bond acceptors (Lipinski definition) is 12. The molecule has 13 N–H and O–H groups in total. The molecule has 1 fully saturated rings. The maximum Gasteiger partial charge on any atom is 0.326 e. The van der Waals surface area contributed by atoms with Crippen LogP contribution in [0, 0.1) is 5.92 Å². The Morgan fingerprint density at radius 2 is 1.35 bits per heavy atom. The van der Waals surface area contributed by atoms with Crippen LogP contribution < -0.4 is 38.1 Å². The number of nitrogens with one attached hydrogen (secondary N) is 5. The number of carboxylic acids is 1. The Bertz CT molecular complexity index is 1830. The lowest BCUT2D eigenvalue weighted by Gasteiger charge is -2.31. The number of benzene rings is 2. The predicted molar refractivity (Wildman–Crippen MR) is 214 cm³/mol. The molecule has 60 heavy (non-hydrogen) atoms. The van der Waals surface area contributed by atoms with Gasteiger partial charge < -0.3 is 63.4 Å². The van der Waals surface area contributed by atoms with Gasteiger partial charge >= 0.3 is 5.97 Å². The second kappa shape index (κ2) is 22.9. The van der Waals surface area contributed by atoms with Gasteiger partial charge in [-0.1, -0.05) is 62.7 Å². The van der Waals surface area contributed by atoms with Gasteiger partial charge in [-0.05, 0) is 55.4 Å². The highest BCUT2D eigenvalue weighted by molar-refractivity contribution is 5.98. The first kappa shape index (κ1) is 48.3. The molecule has 1 heterocycles. The number of aliphatic hydroxyl groups excluding tert-OH is 2. The first-order valence-corrected chi connectivity index (χ1v) is 19.6.